The number of hydrogen-bond donors (Lipinski definition) is 2. The van der Waals surface area contributed by atoms with Gasteiger partial charge in [0.15, 0.2) is 0 Å². The number of benzene rings is 3. The van der Waals surface area contributed by atoms with E-state index in [1.54, 1.807) is 17.2 Å². The van der Waals surface area contributed by atoms with Crippen LogP contribution in [0.2, 0.25) is 0 Å². The molecule has 0 saturated heterocycles. The summed E-state index contributed by atoms with van der Waals surface area (Å²) in [6.07, 6.45) is 4.14. The number of hydrogen-bond acceptors (Lipinski definition) is 4. The van der Waals surface area contributed by atoms with Crippen molar-refractivity contribution in [2.24, 2.45) is 0 Å². The van der Waals surface area contributed by atoms with Crippen LogP contribution in [0.3, 0.4) is 0 Å². The van der Waals surface area contributed by atoms with Gasteiger partial charge in [0.1, 0.15) is 0 Å². The number of anilines is 3. The largest absolute Gasteiger partial charge is 0.355 e. The van der Waals surface area contributed by atoms with Gasteiger partial charge in [-0.15, -0.1) is 0 Å². The maximum absolute atomic E-state index is 12.2. The second-order valence-corrected chi connectivity index (χ2v) is 9.79. The SMILES string of the molecule is CC(=O)N(/C=C/CC(C)(C)c1cc(S(=O)(=O)O)ccc1Nc1ccccc1)c1ccccc1. The first-order valence-corrected chi connectivity index (χ1v) is 12.0. The summed E-state index contributed by atoms with van der Waals surface area (Å²) in [6, 6.07) is 23.4. The molecule has 0 aliphatic heterocycles. The average Bonchev–Trinajstić information content (AvgIpc) is 2.77. The highest BCUT2D eigenvalue weighted by molar-refractivity contribution is 7.85. The van der Waals surface area contributed by atoms with Crippen LogP contribution in [0.4, 0.5) is 17.1 Å². The molecule has 1 amide bonds. The summed E-state index contributed by atoms with van der Waals surface area (Å²) in [7, 11) is -4.36. The minimum absolute atomic E-state index is 0.116. The topological polar surface area (TPSA) is 86.7 Å². The second kappa shape index (κ2) is 10.0. The fourth-order valence-electron chi connectivity index (χ4n) is 3.55. The lowest BCUT2D eigenvalue weighted by Crippen LogP contribution is -2.23. The molecule has 6 nitrogen and oxygen atoms in total. The van der Waals surface area contributed by atoms with Crippen LogP contribution in [0.25, 0.3) is 0 Å². The Balaban J connectivity index is 1.94. The first-order valence-electron chi connectivity index (χ1n) is 10.5. The van der Waals surface area contributed by atoms with E-state index in [2.05, 4.69) is 5.32 Å². The molecule has 7 heteroatoms. The van der Waals surface area contributed by atoms with Crippen LogP contribution in [0.1, 0.15) is 32.8 Å². The number of para-hydroxylation sites is 2. The highest BCUT2D eigenvalue weighted by Gasteiger charge is 2.25. The van der Waals surface area contributed by atoms with Crippen LogP contribution < -0.4 is 10.2 Å². The summed E-state index contributed by atoms with van der Waals surface area (Å²) in [5, 5.41) is 3.34. The standard InChI is InChI=1S/C26H28N2O4S/c1-20(29)28(22-13-8-5-9-14-22)18-10-17-26(2,3)24-19-23(33(30,31)32)15-16-25(24)27-21-11-6-4-7-12-21/h4-16,18-19,27H,17H2,1-3H3,(H,30,31,32)/b18-10+. The fraction of sp³-hybridized carbons (Fsp3) is 0.192. The number of carbonyl (C=O) groups excluding carboxylic acids is 1. The zero-order valence-corrected chi connectivity index (χ0v) is 19.7. The minimum Gasteiger partial charge on any atom is -0.355 e. The minimum atomic E-state index is -4.36. The molecule has 3 aromatic carbocycles. The van der Waals surface area contributed by atoms with Crippen molar-refractivity contribution in [3.05, 3.63) is 96.7 Å². The summed E-state index contributed by atoms with van der Waals surface area (Å²) in [6.45, 7) is 5.47. The third-order valence-electron chi connectivity index (χ3n) is 5.33. The zero-order valence-electron chi connectivity index (χ0n) is 18.9. The number of carbonyl (C=O) groups is 1. The third kappa shape index (κ3) is 6.31. The van der Waals surface area contributed by atoms with E-state index in [0.717, 1.165) is 22.6 Å². The van der Waals surface area contributed by atoms with E-state index in [0.29, 0.717) is 6.42 Å². The molecule has 0 heterocycles. The normalized spacial score (nSPS) is 12.0. The maximum Gasteiger partial charge on any atom is 0.294 e. The fourth-order valence-corrected chi connectivity index (χ4v) is 4.06. The van der Waals surface area contributed by atoms with E-state index in [9.17, 15) is 17.8 Å². The van der Waals surface area contributed by atoms with E-state index in [4.69, 9.17) is 0 Å². The van der Waals surface area contributed by atoms with Crippen molar-refractivity contribution in [1.29, 1.82) is 0 Å². The van der Waals surface area contributed by atoms with Gasteiger partial charge in [-0.2, -0.15) is 8.42 Å². The van der Waals surface area contributed by atoms with Crippen LogP contribution in [0, 0.1) is 0 Å². The Morgan fingerprint density at radius 3 is 2.18 bits per heavy atom. The quantitative estimate of drug-likeness (QED) is 0.405. The second-order valence-electron chi connectivity index (χ2n) is 8.37. The first-order chi connectivity index (χ1) is 15.6. The van der Waals surface area contributed by atoms with Crippen LogP contribution in [0.15, 0.2) is 96.0 Å². The predicted molar refractivity (Wildman–Crippen MR) is 132 cm³/mol. The predicted octanol–water partition coefficient (Wildman–Crippen LogP) is 5.91. The molecule has 2 N–H and O–H groups in total. The molecule has 3 aromatic rings. The zero-order chi connectivity index (χ0) is 24.1. The van der Waals surface area contributed by atoms with Gasteiger partial charge in [0.2, 0.25) is 5.91 Å². The lowest BCUT2D eigenvalue weighted by Gasteiger charge is -2.28. The molecule has 3 rings (SSSR count). The molecule has 0 spiro atoms. The summed E-state index contributed by atoms with van der Waals surface area (Å²) in [5.74, 6) is -0.116. The van der Waals surface area contributed by atoms with Gasteiger partial charge in [-0.25, -0.2) is 0 Å². The molecule has 0 saturated carbocycles. The molecule has 0 aliphatic rings. The molecule has 0 bridgehead atoms. The van der Waals surface area contributed by atoms with Crippen LogP contribution in [-0.4, -0.2) is 18.9 Å². The first kappa shape index (κ1) is 24.2. The Hall–Kier alpha value is -3.42. The highest BCUT2D eigenvalue weighted by Crippen LogP contribution is 2.36. The Labute approximate surface area is 195 Å². The molecule has 33 heavy (non-hydrogen) atoms. The Bertz CT molecular complexity index is 1240. The lowest BCUT2D eigenvalue weighted by atomic mass is 9.80. The van der Waals surface area contributed by atoms with Crippen LogP contribution in [0.5, 0.6) is 0 Å². The van der Waals surface area contributed by atoms with Crippen molar-refractivity contribution in [2.45, 2.75) is 37.5 Å². The summed E-state index contributed by atoms with van der Waals surface area (Å²) in [5.41, 5.74) is 2.56. The number of nitrogens with one attached hydrogen (secondary N) is 1. The van der Waals surface area contributed by atoms with Gasteiger partial charge in [0.25, 0.3) is 10.1 Å². The van der Waals surface area contributed by atoms with Gasteiger partial charge in [0, 0.05) is 30.2 Å². The molecule has 0 aliphatic carbocycles. The van der Waals surface area contributed by atoms with Crippen molar-refractivity contribution >= 4 is 33.1 Å². The van der Waals surface area contributed by atoms with Crippen molar-refractivity contribution < 1.29 is 17.8 Å². The molecule has 0 atom stereocenters. The Morgan fingerprint density at radius 2 is 1.61 bits per heavy atom. The average molecular weight is 465 g/mol. The monoisotopic (exact) mass is 464 g/mol. The molecule has 172 valence electrons. The van der Waals surface area contributed by atoms with Gasteiger partial charge in [0.05, 0.1) is 4.90 Å². The van der Waals surface area contributed by atoms with Crippen LogP contribution >= 0.6 is 0 Å². The van der Waals surface area contributed by atoms with Crippen LogP contribution in [-0.2, 0) is 20.3 Å². The van der Waals surface area contributed by atoms with E-state index in [1.807, 2.05) is 80.6 Å². The Morgan fingerprint density at radius 1 is 1.00 bits per heavy atom. The Kier molecular flexibility index (Phi) is 7.36. The number of amides is 1. The van der Waals surface area contributed by atoms with Crippen molar-refractivity contribution in [1.82, 2.24) is 0 Å². The van der Waals surface area contributed by atoms with E-state index >= 15 is 0 Å². The number of nitrogens with zero attached hydrogens (tertiary/aromatic N) is 1. The highest BCUT2D eigenvalue weighted by atomic mass is 32.2. The smallest absolute Gasteiger partial charge is 0.294 e. The number of rotatable bonds is 8. The summed E-state index contributed by atoms with van der Waals surface area (Å²) >= 11 is 0. The summed E-state index contributed by atoms with van der Waals surface area (Å²) in [4.78, 5) is 13.6. The molecular weight excluding hydrogens is 436 g/mol. The van der Waals surface area contributed by atoms with Gasteiger partial charge in [-0.3, -0.25) is 14.2 Å². The van der Waals surface area contributed by atoms with Gasteiger partial charge < -0.3 is 5.32 Å². The van der Waals surface area contributed by atoms with Crippen molar-refractivity contribution in [3.8, 4) is 0 Å². The summed E-state index contributed by atoms with van der Waals surface area (Å²) < 4.78 is 33.2. The molecule has 0 unspecified atom stereocenters. The van der Waals surface area contributed by atoms with Crippen molar-refractivity contribution in [3.63, 3.8) is 0 Å². The molecule has 0 radical (unpaired) electrons. The van der Waals surface area contributed by atoms with E-state index < -0.39 is 15.5 Å². The lowest BCUT2D eigenvalue weighted by molar-refractivity contribution is -0.116. The van der Waals surface area contributed by atoms with Gasteiger partial charge >= 0.3 is 0 Å². The molecule has 0 fully saturated rings. The van der Waals surface area contributed by atoms with E-state index in [1.165, 1.54) is 19.1 Å². The van der Waals surface area contributed by atoms with Gasteiger partial charge in [-0.05, 0) is 59.9 Å². The van der Waals surface area contributed by atoms with E-state index in [-0.39, 0.29) is 10.8 Å². The van der Waals surface area contributed by atoms with Gasteiger partial charge in [-0.1, -0.05) is 56.3 Å². The van der Waals surface area contributed by atoms with Crippen molar-refractivity contribution in [2.75, 3.05) is 10.2 Å². The number of allylic oxidation sites excluding steroid dienone is 1. The molecular formula is C26H28N2O4S. The maximum atomic E-state index is 12.2. The third-order valence-corrected chi connectivity index (χ3v) is 6.18. The molecule has 0 aromatic heterocycles.